The lowest BCUT2D eigenvalue weighted by Crippen LogP contribution is -2.44. The Labute approximate surface area is 268 Å². The standard InChI is InChI=1S/C39H34O6S/c40-39(45-33-22-23-34(46(41,42)43)26-15-5-4-14-25(26)33)38-36-29-18-8-6-16-27(29)35(28-17-7-9-19-30(28)36)37(38)31-20-10-11-21-32(31)44-24-12-2-1-3-13-24/h4-11,14-24,35-38H,1-3,12-13H2,(H,41,42,43). The van der Waals surface area contributed by atoms with E-state index in [1.54, 1.807) is 24.3 Å². The molecule has 2 bridgehead atoms. The highest BCUT2D eigenvalue weighted by molar-refractivity contribution is 7.86. The molecule has 0 aromatic heterocycles. The molecule has 0 spiro atoms. The van der Waals surface area contributed by atoms with Crippen molar-refractivity contribution in [3.8, 4) is 11.5 Å². The van der Waals surface area contributed by atoms with Crippen LogP contribution in [0.1, 0.15) is 77.7 Å². The van der Waals surface area contributed by atoms with Crippen LogP contribution in [0.3, 0.4) is 0 Å². The van der Waals surface area contributed by atoms with Gasteiger partial charge in [0.15, 0.2) is 0 Å². The van der Waals surface area contributed by atoms with E-state index in [4.69, 9.17) is 9.47 Å². The average Bonchev–Trinajstić information content (AvgIpc) is 3.08. The second kappa shape index (κ2) is 11.4. The van der Waals surface area contributed by atoms with Crippen LogP contribution in [0.25, 0.3) is 10.8 Å². The lowest BCUT2D eigenvalue weighted by molar-refractivity contribution is -0.141. The van der Waals surface area contributed by atoms with Crippen molar-refractivity contribution in [2.24, 2.45) is 5.92 Å². The maximum absolute atomic E-state index is 14.8. The number of carbonyl (C=O) groups is 1. The molecule has 0 radical (unpaired) electrons. The Morgan fingerprint density at radius 3 is 1.78 bits per heavy atom. The summed E-state index contributed by atoms with van der Waals surface area (Å²) in [7, 11) is -4.49. The molecule has 1 fully saturated rings. The first-order valence-corrected chi connectivity index (χ1v) is 17.5. The first-order valence-electron chi connectivity index (χ1n) is 16.0. The molecule has 2 unspecified atom stereocenters. The summed E-state index contributed by atoms with van der Waals surface area (Å²) < 4.78 is 47.2. The van der Waals surface area contributed by atoms with Crippen molar-refractivity contribution < 1.29 is 27.2 Å². The Morgan fingerprint density at radius 2 is 1.15 bits per heavy atom. The molecule has 0 amide bonds. The van der Waals surface area contributed by atoms with E-state index in [0.29, 0.717) is 10.8 Å². The van der Waals surface area contributed by atoms with Crippen LogP contribution in [0.15, 0.2) is 114 Å². The Bertz CT molecular complexity index is 2030. The first kappa shape index (κ1) is 29.0. The fraction of sp³-hybridized carbons (Fsp3) is 0.256. The summed E-state index contributed by atoms with van der Waals surface area (Å²) in [4.78, 5) is 14.5. The number of hydrogen-bond donors (Lipinski definition) is 1. The molecule has 0 saturated heterocycles. The number of hydrogen-bond acceptors (Lipinski definition) is 5. The van der Waals surface area contributed by atoms with Gasteiger partial charge in [-0.3, -0.25) is 9.35 Å². The summed E-state index contributed by atoms with van der Waals surface area (Å²) in [5.41, 5.74) is 5.69. The highest BCUT2D eigenvalue weighted by Crippen LogP contribution is 2.62. The van der Waals surface area contributed by atoms with Gasteiger partial charge in [0.2, 0.25) is 0 Å². The summed E-state index contributed by atoms with van der Waals surface area (Å²) in [5, 5.41) is 0.726. The quantitative estimate of drug-likeness (QED) is 0.115. The van der Waals surface area contributed by atoms with Crippen molar-refractivity contribution in [3.63, 3.8) is 0 Å². The second-order valence-corrected chi connectivity index (χ2v) is 14.1. The van der Waals surface area contributed by atoms with Crippen molar-refractivity contribution in [1.29, 1.82) is 0 Å². The monoisotopic (exact) mass is 630 g/mol. The van der Waals surface area contributed by atoms with E-state index >= 15 is 0 Å². The summed E-state index contributed by atoms with van der Waals surface area (Å²) in [6.45, 7) is 0. The molecule has 4 aliphatic rings. The minimum atomic E-state index is -4.49. The van der Waals surface area contributed by atoms with Gasteiger partial charge in [0, 0.05) is 28.5 Å². The van der Waals surface area contributed by atoms with Crippen LogP contribution in [-0.4, -0.2) is 25.0 Å². The normalized spacial score (nSPS) is 22.2. The zero-order chi connectivity index (χ0) is 31.4. The summed E-state index contributed by atoms with van der Waals surface area (Å²) in [6.07, 6.45) is 5.73. The number of carbonyl (C=O) groups excluding carboxylic acids is 1. The van der Waals surface area contributed by atoms with E-state index < -0.39 is 16.0 Å². The average molecular weight is 631 g/mol. The molecule has 5 aromatic rings. The third-order valence-electron chi connectivity index (χ3n) is 10.2. The molecule has 5 aromatic carbocycles. The van der Waals surface area contributed by atoms with Gasteiger partial charge in [0.1, 0.15) is 16.4 Å². The molecule has 9 rings (SSSR count). The van der Waals surface area contributed by atoms with Crippen LogP contribution in [0, 0.1) is 5.92 Å². The van der Waals surface area contributed by atoms with E-state index in [2.05, 4.69) is 42.5 Å². The van der Waals surface area contributed by atoms with E-state index in [1.165, 1.54) is 29.7 Å². The molecular formula is C39H34O6S. The van der Waals surface area contributed by atoms with Gasteiger partial charge in [0.25, 0.3) is 10.1 Å². The minimum absolute atomic E-state index is 0.0929. The third kappa shape index (κ3) is 4.81. The van der Waals surface area contributed by atoms with Crippen LogP contribution in [0.4, 0.5) is 0 Å². The lowest BCUT2D eigenvalue weighted by Gasteiger charge is -2.50. The first-order chi connectivity index (χ1) is 22.4. The van der Waals surface area contributed by atoms with E-state index in [0.717, 1.165) is 48.1 Å². The van der Waals surface area contributed by atoms with Crippen LogP contribution in [0.5, 0.6) is 11.5 Å². The van der Waals surface area contributed by atoms with Crippen molar-refractivity contribution in [1.82, 2.24) is 0 Å². The lowest BCUT2D eigenvalue weighted by atomic mass is 9.52. The summed E-state index contributed by atoms with van der Waals surface area (Å²) in [6, 6.07) is 34.5. The van der Waals surface area contributed by atoms with Gasteiger partial charge in [-0.2, -0.15) is 8.42 Å². The third-order valence-corrected chi connectivity index (χ3v) is 11.1. The maximum Gasteiger partial charge on any atom is 0.315 e. The molecule has 6 nitrogen and oxygen atoms in total. The maximum atomic E-state index is 14.8. The zero-order valence-corrected chi connectivity index (χ0v) is 26.0. The second-order valence-electron chi connectivity index (χ2n) is 12.7. The van der Waals surface area contributed by atoms with Gasteiger partial charge in [-0.15, -0.1) is 0 Å². The van der Waals surface area contributed by atoms with Crippen molar-refractivity contribution in [3.05, 3.63) is 137 Å². The Hall–Kier alpha value is -4.46. The molecule has 2 atom stereocenters. The van der Waals surface area contributed by atoms with Gasteiger partial charge in [-0.25, -0.2) is 0 Å². The number of esters is 1. The molecule has 0 aliphatic heterocycles. The molecule has 1 saturated carbocycles. The van der Waals surface area contributed by atoms with Gasteiger partial charge < -0.3 is 9.47 Å². The number of para-hydroxylation sites is 1. The predicted molar refractivity (Wildman–Crippen MR) is 176 cm³/mol. The zero-order valence-electron chi connectivity index (χ0n) is 25.2. The van der Waals surface area contributed by atoms with Crippen molar-refractivity contribution in [2.45, 2.75) is 60.9 Å². The summed E-state index contributed by atoms with van der Waals surface area (Å²) >= 11 is 0. The number of ether oxygens (including phenoxy) is 2. The molecule has 4 aliphatic carbocycles. The predicted octanol–water partition coefficient (Wildman–Crippen LogP) is 8.39. The molecular weight excluding hydrogens is 596 g/mol. The highest BCUT2D eigenvalue weighted by atomic mass is 32.2. The van der Waals surface area contributed by atoms with Gasteiger partial charge in [-0.1, -0.05) is 97.4 Å². The largest absolute Gasteiger partial charge is 0.490 e. The van der Waals surface area contributed by atoms with Crippen LogP contribution < -0.4 is 9.47 Å². The Morgan fingerprint density at radius 1 is 0.609 bits per heavy atom. The summed E-state index contributed by atoms with van der Waals surface area (Å²) in [5.74, 6) is -0.493. The van der Waals surface area contributed by atoms with Crippen molar-refractivity contribution in [2.75, 3.05) is 0 Å². The Kier molecular flexibility index (Phi) is 7.19. The number of fused-ring (bicyclic) bond motifs is 2. The minimum Gasteiger partial charge on any atom is -0.490 e. The smallest absolute Gasteiger partial charge is 0.315 e. The van der Waals surface area contributed by atoms with E-state index in [9.17, 15) is 17.8 Å². The van der Waals surface area contributed by atoms with Gasteiger partial charge >= 0.3 is 5.97 Å². The molecule has 46 heavy (non-hydrogen) atoms. The van der Waals surface area contributed by atoms with Crippen molar-refractivity contribution >= 4 is 26.9 Å². The molecule has 7 heteroatoms. The van der Waals surface area contributed by atoms with Crippen LogP contribution in [-0.2, 0) is 14.9 Å². The van der Waals surface area contributed by atoms with Crippen LogP contribution >= 0.6 is 0 Å². The van der Waals surface area contributed by atoms with Crippen LogP contribution in [0.2, 0.25) is 0 Å². The SMILES string of the molecule is O=C(Oc1ccc(S(=O)(=O)O)c2ccccc12)C1C2c3ccccc3C(c3ccccc32)C1c1ccccc1OC1CCCCC1. The molecule has 232 valence electrons. The van der Waals surface area contributed by atoms with Gasteiger partial charge in [0.05, 0.1) is 12.0 Å². The number of benzene rings is 5. The Balaban J connectivity index is 1.28. The fourth-order valence-electron chi connectivity index (χ4n) is 8.29. The van der Waals surface area contributed by atoms with E-state index in [1.807, 2.05) is 30.3 Å². The van der Waals surface area contributed by atoms with Gasteiger partial charge in [-0.05, 0) is 71.7 Å². The topological polar surface area (TPSA) is 89.9 Å². The highest BCUT2D eigenvalue weighted by Gasteiger charge is 2.54. The molecule has 0 heterocycles. The number of rotatable bonds is 6. The molecule has 1 N–H and O–H groups in total. The fourth-order valence-corrected chi connectivity index (χ4v) is 8.99. The van der Waals surface area contributed by atoms with E-state index in [-0.39, 0.29) is 40.5 Å².